The summed E-state index contributed by atoms with van der Waals surface area (Å²) in [6.07, 6.45) is 0. The zero-order chi connectivity index (χ0) is 13.3. The zero-order valence-electron chi connectivity index (χ0n) is 11.7. The lowest BCUT2D eigenvalue weighted by molar-refractivity contribution is 0.109. The van der Waals surface area contributed by atoms with Crippen molar-refractivity contribution in [3.8, 4) is 0 Å². The van der Waals surface area contributed by atoms with Crippen LogP contribution in [0.4, 0.5) is 5.82 Å². The van der Waals surface area contributed by atoms with E-state index in [9.17, 15) is 0 Å². The van der Waals surface area contributed by atoms with Gasteiger partial charge in [0.15, 0.2) is 0 Å². The van der Waals surface area contributed by atoms with Gasteiger partial charge in [0.2, 0.25) is 0 Å². The number of nitrogens with two attached hydrogens (primary N) is 1. The highest BCUT2D eigenvalue weighted by Gasteiger charge is 2.26. The quantitative estimate of drug-likeness (QED) is 0.850. The fourth-order valence-electron chi connectivity index (χ4n) is 2.24. The second kappa shape index (κ2) is 5.20. The van der Waals surface area contributed by atoms with E-state index < -0.39 is 0 Å². The van der Waals surface area contributed by atoms with Crippen LogP contribution in [0, 0.1) is 0 Å². The molecule has 0 spiro atoms. The maximum atomic E-state index is 5.90. The predicted octanol–water partition coefficient (Wildman–Crippen LogP) is 1.10. The van der Waals surface area contributed by atoms with Gasteiger partial charge in [-0.3, -0.25) is 4.90 Å². The fraction of sp³-hybridized carbons (Fsp3) is 0.692. The Morgan fingerprint density at radius 1 is 1.28 bits per heavy atom. The van der Waals surface area contributed by atoms with E-state index in [4.69, 9.17) is 5.73 Å². The van der Waals surface area contributed by atoms with Gasteiger partial charge in [0.05, 0.1) is 6.04 Å². The standard InChI is InChI=1S/C13H23N5/c1-9(2)10-7-12(14)16-13(15-10)11-8-17(3)5-6-18(11)4/h7,9,11H,5-6,8H2,1-4H3,(H2,14,15,16). The molecule has 1 aliphatic heterocycles. The van der Waals surface area contributed by atoms with Gasteiger partial charge in [0.1, 0.15) is 11.6 Å². The summed E-state index contributed by atoms with van der Waals surface area (Å²) in [7, 11) is 4.26. The highest BCUT2D eigenvalue weighted by atomic mass is 15.3. The lowest BCUT2D eigenvalue weighted by atomic mass is 10.1. The number of piperazine rings is 1. The van der Waals surface area contributed by atoms with Crippen molar-refractivity contribution in [3.63, 3.8) is 0 Å². The van der Waals surface area contributed by atoms with Gasteiger partial charge in [0.25, 0.3) is 0 Å². The Bertz CT molecular complexity index is 418. The summed E-state index contributed by atoms with van der Waals surface area (Å²) in [4.78, 5) is 13.7. The van der Waals surface area contributed by atoms with Crippen molar-refractivity contribution in [1.82, 2.24) is 19.8 Å². The van der Waals surface area contributed by atoms with Crippen LogP contribution in [0.25, 0.3) is 0 Å². The normalized spacial score (nSPS) is 22.6. The largest absolute Gasteiger partial charge is 0.384 e. The minimum absolute atomic E-state index is 0.241. The molecule has 1 aromatic heterocycles. The van der Waals surface area contributed by atoms with Gasteiger partial charge >= 0.3 is 0 Å². The molecule has 18 heavy (non-hydrogen) atoms. The summed E-state index contributed by atoms with van der Waals surface area (Å²) in [6.45, 7) is 7.34. The molecule has 2 rings (SSSR count). The van der Waals surface area contributed by atoms with Gasteiger partial charge in [-0.25, -0.2) is 9.97 Å². The number of hydrogen-bond donors (Lipinski definition) is 1. The van der Waals surface area contributed by atoms with Gasteiger partial charge < -0.3 is 10.6 Å². The first-order chi connectivity index (χ1) is 8.47. The Morgan fingerprint density at radius 2 is 2.00 bits per heavy atom. The van der Waals surface area contributed by atoms with Crippen LogP contribution in [0.5, 0.6) is 0 Å². The van der Waals surface area contributed by atoms with Crippen molar-refractivity contribution >= 4 is 5.82 Å². The van der Waals surface area contributed by atoms with Gasteiger partial charge in [-0.1, -0.05) is 13.8 Å². The first-order valence-corrected chi connectivity index (χ1v) is 6.50. The minimum Gasteiger partial charge on any atom is -0.384 e. The smallest absolute Gasteiger partial charge is 0.149 e. The molecule has 100 valence electrons. The van der Waals surface area contributed by atoms with Crippen LogP contribution in [0.1, 0.15) is 37.3 Å². The first-order valence-electron chi connectivity index (χ1n) is 6.50. The Morgan fingerprint density at radius 3 is 2.67 bits per heavy atom. The number of aromatic nitrogens is 2. The maximum absolute atomic E-state index is 5.90. The van der Waals surface area contributed by atoms with E-state index in [1.54, 1.807) is 0 Å². The molecule has 0 amide bonds. The van der Waals surface area contributed by atoms with Crippen molar-refractivity contribution in [2.24, 2.45) is 0 Å². The lowest BCUT2D eigenvalue weighted by Crippen LogP contribution is -2.45. The molecule has 1 unspecified atom stereocenters. The van der Waals surface area contributed by atoms with Gasteiger partial charge in [-0.2, -0.15) is 0 Å². The highest BCUT2D eigenvalue weighted by molar-refractivity contribution is 5.31. The second-order valence-corrected chi connectivity index (χ2v) is 5.49. The number of likely N-dealkylation sites (N-methyl/N-ethyl adjacent to an activating group) is 2. The number of nitrogens with zero attached hydrogens (tertiary/aromatic N) is 4. The van der Waals surface area contributed by atoms with Crippen LogP contribution in [0.15, 0.2) is 6.07 Å². The predicted molar refractivity (Wildman–Crippen MR) is 73.4 cm³/mol. The van der Waals surface area contributed by atoms with Crippen molar-refractivity contribution in [2.45, 2.75) is 25.8 Å². The monoisotopic (exact) mass is 249 g/mol. The Hall–Kier alpha value is -1.20. The van der Waals surface area contributed by atoms with Crippen molar-refractivity contribution in [1.29, 1.82) is 0 Å². The Labute approximate surface area is 109 Å². The third-order valence-electron chi connectivity index (χ3n) is 3.52. The fourth-order valence-corrected chi connectivity index (χ4v) is 2.24. The lowest BCUT2D eigenvalue weighted by Gasteiger charge is -2.36. The molecule has 1 fully saturated rings. The van der Waals surface area contributed by atoms with E-state index in [0.717, 1.165) is 31.2 Å². The third kappa shape index (κ3) is 2.79. The molecular formula is C13H23N5. The van der Waals surface area contributed by atoms with E-state index in [1.165, 1.54) is 0 Å². The SMILES string of the molecule is CC(C)c1cc(N)nc(C2CN(C)CCN2C)n1. The number of anilines is 1. The molecule has 0 aliphatic carbocycles. The molecule has 2 heterocycles. The molecule has 1 aliphatic rings. The van der Waals surface area contributed by atoms with Gasteiger partial charge in [-0.05, 0) is 20.0 Å². The summed E-state index contributed by atoms with van der Waals surface area (Å²) >= 11 is 0. The Balaban J connectivity index is 2.31. The van der Waals surface area contributed by atoms with E-state index in [-0.39, 0.29) is 6.04 Å². The van der Waals surface area contributed by atoms with Crippen LogP contribution in [0.3, 0.4) is 0 Å². The molecule has 0 saturated carbocycles. The summed E-state index contributed by atoms with van der Waals surface area (Å²) in [5.74, 6) is 1.80. The average molecular weight is 249 g/mol. The van der Waals surface area contributed by atoms with Gasteiger partial charge in [0, 0.05) is 31.4 Å². The molecule has 1 aromatic rings. The molecule has 1 atom stereocenters. The molecule has 2 N–H and O–H groups in total. The van der Waals surface area contributed by atoms with Crippen molar-refractivity contribution in [2.75, 3.05) is 39.5 Å². The number of hydrogen-bond acceptors (Lipinski definition) is 5. The molecule has 0 aromatic carbocycles. The molecular weight excluding hydrogens is 226 g/mol. The van der Waals surface area contributed by atoms with Crippen molar-refractivity contribution in [3.05, 3.63) is 17.6 Å². The van der Waals surface area contributed by atoms with Crippen LogP contribution >= 0.6 is 0 Å². The van der Waals surface area contributed by atoms with Gasteiger partial charge in [-0.15, -0.1) is 0 Å². The second-order valence-electron chi connectivity index (χ2n) is 5.49. The highest BCUT2D eigenvalue weighted by Crippen LogP contribution is 2.23. The summed E-state index contributed by atoms with van der Waals surface area (Å²) in [5, 5.41) is 0. The topological polar surface area (TPSA) is 58.3 Å². The van der Waals surface area contributed by atoms with Crippen LogP contribution in [0.2, 0.25) is 0 Å². The first kappa shape index (κ1) is 13.2. The van der Waals surface area contributed by atoms with Crippen LogP contribution in [-0.4, -0.2) is 53.5 Å². The zero-order valence-corrected chi connectivity index (χ0v) is 11.7. The van der Waals surface area contributed by atoms with E-state index >= 15 is 0 Å². The van der Waals surface area contributed by atoms with E-state index in [2.05, 4.69) is 47.7 Å². The molecule has 0 bridgehead atoms. The maximum Gasteiger partial charge on any atom is 0.149 e. The summed E-state index contributed by atoms with van der Waals surface area (Å²) in [6, 6.07) is 2.12. The van der Waals surface area contributed by atoms with Crippen LogP contribution in [-0.2, 0) is 0 Å². The summed E-state index contributed by atoms with van der Waals surface area (Å²) < 4.78 is 0. The average Bonchev–Trinajstić information content (AvgIpc) is 2.31. The van der Waals surface area contributed by atoms with E-state index in [0.29, 0.717) is 11.7 Å². The minimum atomic E-state index is 0.241. The molecule has 5 heteroatoms. The molecule has 0 radical (unpaired) electrons. The number of rotatable bonds is 2. The third-order valence-corrected chi connectivity index (χ3v) is 3.52. The van der Waals surface area contributed by atoms with E-state index in [1.807, 2.05) is 6.07 Å². The molecule has 5 nitrogen and oxygen atoms in total. The van der Waals surface area contributed by atoms with Crippen LogP contribution < -0.4 is 5.73 Å². The molecule has 1 saturated heterocycles. The van der Waals surface area contributed by atoms with Crippen molar-refractivity contribution < 1.29 is 0 Å². The number of nitrogen functional groups attached to an aromatic ring is 1. The Kier molecular flexibility index (Phi) is 3.82. The summed E-state index contributed by atoms with van der Waals surface area (Å²) in [5.41, 5.74) is 6.93.